The summed E-state index contributed by atoms with van der Waals surface area (Å²) in [7, 11) is 0. The molecule has 0 radical (unpaired) electrons. The van der Waals surface area contributed by atoms with Crippen LogP contribution >= 0.6 is 11.3 Å². The van der Waals surface area contributed by atoms with Crippen LogP contribution in [0.4, 0.5) is 11.4 Å². The average molecular weight is 286 g/mol. The normalized spacial score (nSPS) is 15.6. The van der Waals surface area contributed by atoms with Gasteiger partial charge >= 0.3 is 0 Å². The van der Waals surface area contributed by atoms with E-state index in [0.717, 1.165) is 11.3 Å². The maximum Gasteiger partial charge on any atom is 0.265 e. The smallest absolute Gasteiger partial charge is 0.265 e. The molecule has 0 saturated heterocycles. The molecule has 2 aromatic rings. The average Bonchev–Trinajstić information content (AvgIpc) is 2.98. The minimum absolute atomic E-state index is 0.0192. The van der Waals surface area contributed by atoms with Crippen molar-refractivity contribution in [2.24, 2.45) is 0 Å². The number of hydrogen-bond donors (Lipinski definition) is 2. The van der Waals surface area contributed by atoms with E-state index in [1.54, 1.807) is 12.1 Å². The van der Waals surface area contributed by atoms with Gasteiger partial charge in [0, 0.05) is 11.4 Å². The van der Waals surface area contributed by atoms with Crippen LogP contribution in [0.2, 0.25) is 0 Å². The maximum absolute atomic E-state index is 12.0. The maximum atomic E-state index is 12.0. The summed E-state index contributed by atoms with van der Waals surface area (Å²) < 4.78 is 0. The molecule has 5 heteroatoms. The first-order valence-electron chi connectivity index (χ1n) is 6.29. The van der Waals surface area contributed by atoms with Gasteiger partial charge in [-0.3, -0.25) is 9.59 Å². The minimum atomic E-state index is -0.522. The van der Waals surface area contributed by atoms with E-state index in [9.17, 15) is 9.59 Å². The molecule has 0 saturated carbocycles. The number of carbonyl (C=O) groups excluding carboxylic acids is 2. The molecule has 1 aromatic heterocycles. The summed E-state index contributed by atoms with van der Waals surface area (Å²) in [6, 6.07) is 9.13. The fourth-order valence-electron chi connectivity index (χ4n) is 2.27. The Kier molecular flexibility index (Phi) is 2.87. The second-order valence-corrected chi connectivity index (χ2v) is 6.22. The van der Waals surface area contributed by atoms with E-state index >= 15 is 0 Å². The number of nitrogens with one attached hydrogen (secondary N) is 2. The van der Waals surface area contributed by atoms with E-state index in [-0.39, 0.29) is 11.8 Å². The van der Waals surface area contributed by atoms with Gasteiger partial charge < -0.3 is 10.6 Å². The standard InChI is InChI=1S/C15H14N2O2S/c1-15(2)10-6-5-9(8-11(10)17-14(15)19)16-13(18)12-4-3-7-20-12/h3-8H,1-2H3,(H,16,18)(H,17,19). The Bertz CT molecular complexity index is 690. The van der Waals surface area contributed by atoms with Crippen molar-refractivity contribution in [3.63, 3.8) is 0 Å². The number of hydrogen-bond acceptors (Lipinski definition) is 3. The largest absolute Gasteiger partial charge is 0.325 e. The van der Waals surface area contributed by atoms with Crippen molar-refractivity contribution in [2.75, 3.05) is 10.6 Å². The Balaban J connectivity index is 1.86. The lowest BCUT2D eigenvalue weighted by Gasteiger charge is -2.15. The highest BCUT2D eigenvalue weighted by atomic mass is 32.1. The van der Waals surface area contributed by atoms with Crippen molar-refractivity contribution in [3.8, 4) is 0 Å². The Hall–Kier alpha value is -2.14. The molecule has 2 amide bonds. The Morgan fingerprint density at radius 2 is 2.10 bits per heavy atom. The third-order valence-electron chi connectivity index (χ3n) is 3.51. The highest BCUT2D eigenvalue weighted by Gasteiger charge is 2.38. The predicted molar refractivity (Wildman–Crippen MR) is 80.4 cm³/mol. The molecule has 0 spiro atoms. The zero-order valence-corrected chi connectivity index (χ0v) is 12.0. The summed E-state index contributed by atoms with van der Waals surface area (Å²) in [5.74, 6) is -0.155. The van der Waals surface area contributed by atoms with Gasteiger partial charge in [0.2, 0.25) is 5.91 Å². The molecule has 20 heavy (non-hydrogen) atoms. The quantitative estimate of drug-likeness (QED) is 0.890. The van der Waals surface area contributed by atoms with Crippen molar-refractivity contribution < 1.29 is 9.59 Å². The van der Waals surface area contributed by atoms with Crippen molar-refractivity contribution in [1.82, 2.24) is 0 Å². The molecule has 0 bridgehead atoms. The summed E-state index contributed by atoms with van der Waals surface area (Å²) in [4.78, 5) is 24.5. The van der Waals surface area contributed by atoms with Crippen LogP contribution in [0.15, 0.2) is 35.7 Å². The Morgan fingerprint density at radius 3 is 2.80 bits per heavy atom. The van der Waals surface area contributed by atoms with Crippen LogP contribution in [-0.2, 0) is 10.2 Å². The minimum Gasteiger partial charge on any atom is -0.325 e. The lowest BCUT2D eigenvalue weighted by Crippen LogP contribution is -2.26. The highest BCUT2D eigenvalue weighted by Crippen LogP contribution is 2.38. The number of thiophene rings is 1. The zero-order chi connectivity index (χ0) is 14.3. The fraction of sp³-hybridized carbons (Fsp3) is 0.200. The number of carbonyl (C=O) groups is 2. The monoisotopic (exact) mass is 286 g/mol. The lowest BCUT2D eigenvalue weighted by atomic mass is 9.86. The van der Waals surface area contributed by atoms with Crippen LogP contribution in [0.5, 0.6) is 0 Å². The molecule has 102 valence electrons. The molecular weight excluding hydrogens is 272 g/mol. The molecule has 0 fully saturated rings. The molecule has 2 heterocycles. The number of fused-ring (bicyclic) bond motifs is 1. The summed E-state index contributed by atoms with van der Waals surface area (Å²) in [5.41, 5.74) is 1.88. The van der Waals surface area contributed by atoms with Crippen molar-refractivity contribution in [2.45, 2.75) is 19.3 Å². The van der Waals surface area contributed by atoms with Gasteiger partial charge in [-0.25, -0.2) is 0 Å². The summed E-state index contributed by atoms with van der Waals surface area (Å²) in [6.45, 7) is 3.77. The third kappa shape index (κ3) is 2.00. The van der Waals surface area contributed by atoms with E-state index in [0.29, 0.717) is 10.6 Å². The van der Waals surface area contributed by atoms with Crippen LogP contribution in [0.3, 0.4) is 0 Å². The molecule has 4 nitrogen and oxygen atoms in total. The first kappa shape index (κ1) is 12.9. The van der Waals surface area contributed by atoms with Gasteiger partial charge in [-0.15, -0.1) is 11.3 Å². The predicted octanol–water partition coefficient (Wildman–Crippen LogP) is 3.23. The second kappa shape index (κ2) is 4.45. The Morgan fingerprint density at radius 1 is 1.30 bits per heavy atom. The number of rotatable bonds is 2. The van der Waals surface area contributed by atoms with E-state index in [2.05, 4.69) is 10.6 Å². The summed E-state index contributed by atoms with van der Waals surface area (Å²) >= 11 is 1.39. The van der Waals surface area contributed by atoms with Crippen LogP contribution in [-0.4, -0.2) is 11.8 Å². The third-order valence-corrected chi connectivity index (χ3v) is 4.38. The van der Waals surface area contributed by atoms with Gasteiger partial charge in [0.1, 0.15) is 0 Å². The molecule has 1 aliphatic heterocycles. The zero-order valence-electron chi connectivity index (χ0n) is 11.2. The van der Waals surface area contributed by atoms with Crippen molar-refractivity contribution in [1.29, 1.82) is 0 Å². The molecule has 2 N–H and O–H groups in total. The highest BCUT2D eigenvalue weighted by molar-refractivity contribution is 7.12. The van der Waals surface area contributed by atoms with Crippen LogP contribution < -0.4 is 10.6 Å². The molecule has 3 rings (SSSR count). The fourth-order valence-corrected chi connectivity index (χ4v) is 2.89. The summed E-state index contributed by atoms with van der Waals surface area (Å²) in [5, 5.41) is 7.55. The topological polar surface area (TPSA) is 58.2 Å². The molecule has 0 aliphatic carbocycles. The van der Waals surface area contributed by atoms with Crippen LogP contribution in [0.25, 0.3) is 0 Å². The van der Waals surface area contributed by atoms with E-state index in [1.165, 1.54) is 11.3 Å². The number of anilines is 2. The van der Waals surface area contributed by atoms with Gasteiger partial charge in [-0.2, -0.15) is 0 Å². The van der Waals surface area contributed by atoms with Gasteiger partial charge in [0.15, 0.2) is 0 Å². The molecule has 0 atom stereocenters. The second-order valence-electron chi connectivity index (χ2n) is 5.27. The molecular formula is C15H14N2O2S. The van der Waals surface area contributed by atoms with Crippen molar-refractivity contribution >= 4 is 34.5 Å². The lowest BCUT2D eigenvalue weighted by molar-refractivity contribution is -0.119. The SMILES string of the molecule is CC1(C)C(=O)Nc2cc(NC(=O)c3cccs3)ccc21. The van der Waals surface area contributed by atoms with Gasteiger partial charge in [0.25, 0.3) is 5.91 Å². The van der Waals surface area contributed by atoms with E-state index < -0.39 is 5.41 Å². The van der Waals surface area contributed by atoms with Crippen molar-refractivity contribution in [3.05, 3.63) is 46.2 Å². The summed E-state index contributed by atoms with van der Waals surface area (Å²) in [6.07, 6.45) is 0. The van der Waals surface area contributed by atoms with Gasteiger partial charge in [-0.1, -0.05) is 12.1 Å². The van der Waals surface area contributed by atoms with Gasteiger partial charge in [-0.05, 0) is 43.0 Å². The number of benzene rings is 1. The van der Waals surface area contributed by atoms with E-state index in [1.807, 2.05) is 37.4 Å². The van der Waals surface area contributed by atoms with Crippen LogP contribution in [0.1, 0.15) is 29.1 Å². The first-order valence-corrected chi connectivity index (χ1v) is 7.17. The van der Waals surface area contributed by atoms with E-state index in [4.69, 9.17) is 0 Å². The molecule has 1 aliphatic rings. The molecule has 1 aromatic carbocycles. The number of amides is 2. The molecule has 0 unspecified atom stereocenters. The first-order chi connectivity index (χ1) is 9.48. The van der Waals surface area contributed by atoms with Crippen LogP contribution in [0, 0.1) is 0 Å². The van der Waals surface area contributed by atoms with Gasteiger partial charge in [0.05, 0.1) is 10.3 Å². The Labute approximate surface area is 120 Å².